The van der Waals surface area contributed by atoms with Crippen LogP contribution in [0.1, 0.15) is 29.2 Å². The van der Waals surface area contributed by atoms with Crippen LogP contribution in [0.25, 0.3) is 0 Å². The Kier molecular flexibility index (Phi) is 7.67. The van der Waals surface area contributed by atoms with Crippen LogP contribution in [0.15, 0.2) is 47.5 Å². The first-order valence-corrected chi connectivity index (χ1v) is 9.04. The van der Waals surface area contributed by atoms with E-state index in [0.717, 1.165) is 24.6 Å². The number of hydrogen-bond acceptors (Lipinski definition) is 3. The maximum Gasteiger partial charge on any atom is 0.411 e. The van der Waals surface area contributed by atoms with Crippen LogP contribution >= 0.6 is 0 Å². The number of nitrogens with one attached hydrogen (secondary N) is 3. The summed E-state index contributed by atoms with van der Waals surface area (Å²) < 4.78 is 4.58. The lowest BCUT2D eigenvalue weighted by Crippen LogP contribution is -2.36. The van der Waals surface area contributed by atoms with Crippen molar-refractivity contribution >= 4 is 17.7 Å². The van der Waals surface area contributed by atoms with Crippen LogP contribution in [0, 0.1) is 13.8 Å². The molecular weight excluding hydrogens is 340 g/mol. The summed E-state index contributed by atoms with van der Waals surface area (Å²) >= 11 is 0. The van der Waals surface area contributed by atoms with Crippen molar-refractivity contribution in [1.82, 2.24) is 10.6 Å². The van der Waals surface area contributed by atoms with Crippen LogP contribution in [0.4, 0.5) is 10.5 Å². The molecule has 0 saturated heterocycles. The highest BCUT2D eigenvalue weighted by Crippen LogP contribution is 2.11. The summed E-state index contributed by atoms with van der Waals surface area (Å²) in [7, 11) is 1.34. The van der Waals surface area contributed by atoms with Gasteiger partial charge in [-0.25, -0.2) is 9.79 Å². The predicted octanol–water partition coefficient (Wildman–Crippen LogP) is 3.74. The van der Waals surface area contributed by atoms with Crippen molar-refractivity contribution < 1.29 is 9.53 Å². The Morgan fingerprint density at radius 3 is 2.44 bits per heavy atom. The molecule has 2 aromatic carbocycles. The van der Waals surface area contributed by atoms with Gasteiger partial charge in [-0.1, -0.05) is 35.9 Å². The third-order valence-electron chi connectivity index (χ3n) is 4.09. The van der Waals surface area contributed by atoms with E-state index in [1.165, 1.54) is 23.8 Å². The molecule has 0 heterocycles. The number of aliphatic imine (C=N–C) groups is 1. The van der Waals surface area contributed by atoms with Gasteiger partial charge in [0.1, 0.15) is 0 Å². The van der Waals surface area contributed by atoms with Crippen molar-refractivity contribution in [3.8, 4) is 0 Å². The Morgan fingerprint density at radius 1 is 1.07 bits per heavy atom. The van der Waals surface area contributed by atoms with Crippen LogP contribution in [-0.4, -0.2) is 25.7 Å². The van der Waals surface area contributed by atoms with Crippen molar-refractivity contribution in [1.29, 1.82) is 0 Å². The zero-order valence-corrected chi connectivity index (χ0v) is 16.4. The van der Waals surface area contributed by atoms with Crippen molar-refractivity contribution in [3.63, 3.8) is 0 Å². The molecule has 0 aliphatic carbocycles. The summed E-state index contributed by atoms with van der Waals surface area (Å²) in [6, 6.07) is 14.0. The molecule has 0 saturated carbocycles. The van der Waals surface area contributed by atoms with Crippen LogP contribution in [0.3, 0.4) is 0 Å². The fourth-order valence-electron chi connectivity index (χ4n) is 2.60. The lowest BCUT2D eigenvalue weighted by molar-refractivity contribution is 0.187. The maximum absolute atomic E-state index is 11.2. The largest absolute Gasteiger partial charge is 0.453 e. The van der Waals surface area contributed by atoms with Gasteiger partial charge in [-0.3, -0.25) is 5.32 Å². The standard InChI is InChI=1S/C21H28N4O2/c1-5-22-20(24-14-18-9-6-15(2)12-16(18)3)23-13-17-7-10-19(11-8-17)25-21(26)27-4/h6-12H,5,13-14H2,1-4H3,(H,25,26)(H2,22,23,24). The van der Waals surface area contributed by atoms with Gasteiger partial charge in [-0.2, -0.15) is 0 Å². The van der Waals surface area contributed by atoms with E-state index in [1.54, 1.807) is 0 Å². The van der Waals surface area contributed by atoms with Gasteiger partial charge in [-0.15, -0.1) is 0 Å². The number of rotatable bonds is 6. The molecule has 144 valence electrons. The quantitative estimate of drug-likeness (QED) is 0.536. The summed E-state index contributed by atoms with van der Waals surface area (Å²) in [6.45, 7) is 8.32. The Balaban J connectivity index is 1.97. The molecule has 27 heavy (non-hydrogen) atoms. The van der Waals surface area contributed by atoms with Crippen LogP contribution in [0.5, 0.6) is 0 Å². The molecule has 0 bridgehead atoms. The van der Waals surface area contributed by atoms with E-state index in [0.29, 0.717) is 12.2 Å². The molecule has 0 aromatic heterocycles. The normalized spacial score (nSPS) is 11.0. The van der Waals surface area contributed by atoms with E-state index in [-0.39, 0.29) is 0 Å². The van der Waals surface area contributed by atoms with Crippen molar-refractivity contribution in [2.75, 3.05) is 19.0 Å². The molecule has 0 fully saturated rings. The minimum absolute atomic E-state index is 0.481. The molecule has 2 rings (SSSR count). The minimum Gasteiger partial charge on any atom is -0.453 e. The topological polar surface area (TPSA) is 74.8 Å². The summed E-state index contributed by atoms with van der Waals surface area (Å²) in [5.41, 5.74) is 5.53. The molecule has 3 N–H and O–H groups in total. The lowest BCUT2D eigenvalue weighted by Gasteiger charge is -2.13. The highest BCUT2D eigenvalue weighted by molar-refractivity contribution is 5.84. The number of anilines is 1. The zero-order valence-electron chi connectivity index (χ0n) is 16.4. The molecule has 6 nitrogen and oxygen atoms in total. The van der Waals surface area contributed by atoms with Gasteiger partial charge in [0.2, 0.25) is 0 Å². The summed E-state index contributed by atoms with van der Waals surface area (Å²) in [6.07, 6.45) is -0.481. The SMILES string of the molecule is CCNC(=NCc1ccc(NC(=O)OC)cc1)NCc1ccc(C)cc1C. The maximum atomic E-state index is 11.2. The molecule has 0 atom stereocenters. The Bertz CT molecular complexity index is 785. The third-order valence-corrected chi connectivity index (χ3v) is 4.09. The molecule has 2 aromatic rings. The summed E-state index contributed by atoms with van der Waals surface area (Å²) in [5.74, 6) is 0.772. The molecule has 1 amide bonds. The van der Waals surface area contributed by atoms with Gasteiger partial charge in [0.05, 0.1) is 13.7 Å². The average Bonchev–Trinajstić information content (AvgIpc) is 2.66. The first kappa shape index (κ1) is 20.3. The van der Waals surface area contributed by atoms with Crippen molar-refractivity contribution in [2.24, 2.45) is 4.99 Å². The smallest absolute Gasteiger partial charge is 0.411 e. The fraction of sp³-hybridized carbons (Fsp3) is 0.333. The number of carbonyl (C=O) groups excluding carboxylic acids is 1. The molecule has 0 unspecified atom stereocenters. The number of carbonyl (C=O) groups is 1. The highest BCUT2D eigenvalue weighted by atomic mass is 16.5. The molecule has 0 spiro atoms. The molecule has 6 heteroatoms. The number of aryl methyl sites for hydroxylation is 2. The molecule has 0 radical (unpaired) electrons. The van der Waals surface area contributed by atoms with Gasteiger partial charge < -0.3 is 15.4 Å². The second-order valence-electron chi connectivity index (χ2n) is 6.29. The average molecular weight is 368 g/mol. The predicted molar refractivity (Wildman–Crippen MR) is 110 cm³/mol. The van der Waals surface area contributed by atoms with Gasteiger partial charge in [0.25, 0.3) is 0 Å². The molecule has 0 aliphatic heterocycles. The van der Waals surface area contributed by atoms with Gasteiger partial charge in [-0.05, 0) is 49.6 Å². The number of nitrogens with zero attached hydrogens (tertiary/aromatic N) is 1. The first-order chi connectivity index (χ1) is 13.0. The lowest BCUT2D eigenvalue weighted by atomic mass is 10.1. The van der Waals surface area contributed by atoms with E-state index in [9.17, 15) is 4.79 Å². The van der Waals surface area contributed by atoms with Crippen molar-refractivity contribution in [2.45, 2.75) is 33.9 Å². The van der Waals surface area contributed by atoms with Gasteiger partial charge >= 0.3 is 6.09 Å². The number of benzene rings is 2. The van der Waals surface area contributed by atoms with Crippen LogP contribution < -0.4 is 16.0 Å². The van der Waals surface area contributed by atoms with Crippen LogP contribution in [0.2, 0.25) is 0 Å². The van der Waals surface area contributed by atoms with E-state index in [4.69, 9.17) is 0 Å². The van der Waals surface area contributed by atoms with Crippen LogP contribution in [-0.2, 0) is 17.8 Å². The second-order valence-corrected chi connectivity index (χ2v) is 6.29. The Labute approximate surface area is 161 Å². The number of amides is 1. The van der Waals surface area contributed by atoms with E-state index in [1.807, 2.05) is 31.2 Å². The van der Waals surface area contributed by atoms with Crippen molar-refractivity contribution in [3.05, 3.63) is 64.7 Å². The Morgan fingerprint density at radius 2 is 1.81 bits per heavy atom. The Hall–Kier alpha value is -3.02. The minimum atomic E-state index is -0.481. The molecular formula is C21H28N4O2. The third kappa shape index (κ3) is 6.66. The van der Waals surface area contributed by atoms with E-state index < -0.39 is 6.09 Å². The van der Waals surface area contributed by atoms with Gasteiger partial charge in [0, 0.05) is 18.8 Å². The number of hydrogen-bond donors (Lipinski definition) is 3. The highest BCUT2D eigenvalue weighted by Gasteiger charge is 2.03. The van der Waals surface area contributed by atoms with Gasteiger partial charge in [0.15, 0.2) is 5.96 Å². The zero-order chi connectivity index (χ0) is 19.6. The number of methoxy groups -OCH3 is 1. The van der Waals surface area contributed by atoms with E-state index in [2.05, 4.69) is 57.7 Å². The number of ether oxygens (including phenoxy) is 1. The van der Waals surface area contributed by atoms with E-state index >= 15 is 0 Å². The summed E-state index contributed by atoms with van der Waals surface area (Å²) in [4.78, 5) is 15.8. The number of guanidine groups is 1. The first-order valence-electron chi connectivity index (χ1n) is 9.04. The molecule has 0 aliphatic rings. The summed E-state index contributed by atoms with van der Waals surface area (Å²) in [5, 5.41) is 9.27. The fourth-order valence-corrected chi connectivity index (χ4v) is 2.60. The monoisotopic (exact) mass is 368 g/mol. The second kappa shape index (κ2) is 10.2.